The molecule has 0 radical (unpaired) electrons. The molecular formula is C28H28Cl2N6O3. The highest BCUT2D eigenvalue weighted by Crippen LogP contribution is 2.35. The molecule has 1 N–H and O–H groups in total. The highest BCUT2D eigenvalue weighted by atomic mass is 35.5. The normalized spacial score (nSPS) is 16.9. The van der Waals surface area contributed by atoms with Crippen LogP contribution in [0, 0.1) is 0 Å². The maximum Gasteiger partial charge on any atom is 0.407 e. The van der Waals surface area contributed by atoms with Crippen molar-refractivity contribution in [3.8, 4) is 17.1 Å². The maximum atomic E-state index is 12.4. The fourth-order valence-electron chi connectivity index (χ4n) is 5.15. The van der Waals surface area contributed by atoms with Crippen LogP contribution in [0.2, 0.25) is 10.0 Å². The van der Waals surface area contributed by atoms with E-state index in [0.29, 0.717) is 53.3 Å². The molecule has 2 aliphatic heterocycles. The van der Waals surface area contributed by atoms with Crippen molar-refractivity contribution in [1.82, 2.24) is 24.8 Å². The van der Waals surface area contributed by atoms with Crippen LogP contribution in [0.1, 0.15) is 25.7 Å². The zero-order valence-corrected chi connectivity index (χ0v) is 22.7. The van der Waals surface area contributed by atoms with E-state index >= 15 is 0 Å². The number of ether oxygens (including phenoxy) is 2. The molecule has 0 atom stereocenters. The number of benzene rings is 2. The van der Waals surface area contributed by atoms with Crippen molar-refractivity contribution in [3.05, 3.63) is 64.9 Å². The largest absolute Gasteiger partial charge is 0.446 e. The van der Waals surface area contributed by atoms with Crippen LogP contribution in [0.3, 0.4) is 0 Å². The molecule has 1 amide bonds. The van der Waals surface area contributed by atoms with E-state index in [4.69, 9.17) is 37.7 Å². The van der Waals surface area contributed by atoms with Crippen LogP contribution < -0.4 is 10.2 Å². The van der Waals surface area contributed by atoms with Crippen molar-refractivity contribution in [2.75, 3.05) is 31.2 Å². The summed E-state index contributed by atoms with van der Waals surface area (Å²) in [5.74, 6) is 1.43. The lowest BCUT2D eigenvalue weighted by atomic mass is 10.1. The van der Waals surface area contributed by atoms with Gasteiger partial charge in [-0.05, 0) is 49.2 Å². The molecule has 9 nitrogen and oxygen atoms in total. The quantitative estimate of drug-likeness (QED) is 0.333. The number of fused-ring (bicyclic) bond motifs is 1. The number of aromatic nitrogens is 4. The molecule has 0 unspecified atom stereocenters. The number of nitrogens with one attached hydrogen (secondary N) is 1. The van der Waals surface area contributed by atoms with Crippen molar-refractivity contribution in [3.63, 3.8) is 0 Å². The Bertz CT molecular complexity index is 1460. The number of nitrogens with zero attached hydrogens (tertiary/aromatic N) is 5. The Hall–Kier alpha value is -3.40. The molecule has 4 aromatic rings. The maximum absolute atomic E-state index is 12.4. The van der Waals surface area contributed by atoms with Gasteiger partial charge in [-0.15, -0.1) is 0 Å². The first kappa shape index (κ1) is 25.9. The molecule has 2 fully saturated rings. The van der Waals surface area contributed by atoms with E-state index in [-0.39, 0.29) is 18.2 Å². The fraction of sp³-hybridized carbons (Fsp3) is 0.357. The molecule has 0 bridgehead atoms. The van der Waals surface area contributed by atoms with Gasteiger partial charge in [0.2, 0.25) is 0 Å². The van der Waals surface area contributed by atoms with Crippen molar-refractivity contribution in [2.45, 2.75) is 37.8 Å². The van der Waals surface area contributed by atoms with Crippen molar-refractivity contribution in [1.29, 1.82) is 0 Å². The van der Waals surface area contributed by atoms with Crippen molar-refractivity contribution < 1.29 is 14.3 Å². The topological polar surface area (TPSA) is 94.4 Å². The summed E-state index contributed by atoms with van der Waals surface area (Å²) in [4.78, 5) is 28.9. The third-order valence-electron chi connectivity index (χ3n) is 7.18. The van der Waals surface area contributed by atoms with Crippen LogP contribution in [0.25, 0.3) is 28.2 Å². The predicted octanol–water partition coefficient (Wildman–Crippen LogP) is 5.66. The molecule has 6 rings (SSSR count). The average molecular weight is 567 g/mol. The van der Waals surface area contributed by atoms with Crippen molar-refractivity contribution in [2.24, 2.45) is 0 Å². The van der Waals surface area contributed by atoms with Crippen LogP contribution in [0.5, 0.6) is 0 Å². The zero-order valence-electron chi connectivity index (χ0n) is 21.2. The molecule has 0 saturated carbocycles. The van der Waals surface area contributed by atoms with Gasteiger partial charge in [0.15, 0.2) is 17.0 Å². The highest BCUT2D eigenvalue weighted by molar-refractivity contribution is 6.33. The number of halogens is 2. The molecule has 0 aliphatic carbocycles. The number of hydrogen-bond acceptors (Lipinski definition) is 7. The molecular weight excluding hydrogens is 539 g/mol. The molecule has 11 heteroatoms. The SMILES string of the molecule is O=C(NC1CCN(c2ncnc3c2nc(-c2ccccc2Cl)n3-c2ccc(Cl)cc2)CC1)OC1CCOCC1. The lowest BCUT2D eigenvalue weighted by molar-refractivity contribution is 0.000593. The van der Waals surface area contributed by atoms with Crippen molar-refractivity contribution >= 4 is 46.3 Å². The number of carbonyl (C=O) groups excluding carboxylic acids is 1. The molecule has 2 aromatic carbocycles. The molecule has 2 saturated heterocycles. The Kier molecular flexibility index (Phi) is 7.54. The van der Waals surface area contributed by atoms with Gasteiger partial charge in [-0.3, -0.25) is 4.57 Å². The van der Waals surface area contributed by atoms with E-state index in [0.717, 1.165) is 42.8 Å². The molecule has 39 heavy (non-hydrogen) atoms. The van der Waals surface area contributed by atoms with Gasteiger partial charge in [0.25, 0.3) is 0 Å². The standard InChI is InChI=1S/C28H28Cl2N6O3/c29-18-5-7-20(8-6-18)36-25(22-3-1-2-4-23(22)30)34-24-26(31-17-32-27(24)36)35-13-9-19(10-14-35)33-28(37)39-21-11-15-38-16-12-21/h1-8,17,19,21H,9-16H2,(H,33,37). The Labute approximate surface area is 236 Å². The third-order valence-corrected chi connectivity index (χ3v) is 7.76. The summed E-state index contributed by atoms with van der Waals surface area (Å²) in [5.41, 5.74) is 3.03. The Morgan fingerprint density at radius 3 is 2.46 bits per heavy atom. The molecule has 2 aliphatic rings. The molecule has 2 aromatic heterocycles. The second-order valence-electron chi connectivity index (χ2n) is 9.72. The van der Waals surface area contributed by atoms with Gasteiger partial charge in [-0.25, -0.2) is 19.7 Å². The summed E-state index contributed by atoms with van der Waals surface area (Å²) < 4.78 is 12.9. The van der Waals surface area contributed by atoms with Crippen LogP contribution >= 0.6 is 23.2 Å². The number of imidazole rings is 1. The minimum absolute atomic E-state index is 0.0382. The first-order valence-electron chi connectivity index (χ1n) is 13.1. The fourth-order valence-corrected chi connectivity index (χ4v) is 5.50. The van der Waals surface area contributed by atoms with Crippen LogP contribution in [-0.4, -0.2) is 64.1 Å². The zero-order chi connectivity index (χ0) is 26.8. The number of anilines is 1. The van der Waals surface area contributed by atoms with E-state index in [2.05, 4.69) is 20.2 Å². The molecule has 0 spiro atoms. The third kappa shape index (κ3) is 5.52. The van der Waals surface area contributed by atoms with Gasteiger partial charge in [0.05, 0.1) is 18.2 Å². The number of piperidine rings is 1. The second-order valence-corrected chi connectivity index (χ2v) is 10.6. The summed E-state index contributed by atoms with van der Waals surface area (Å²) >= 11 is 12.8. The van der Waals surface area contributed by atoms with Gasteiger partial charge in [-0.1, -0.05) is 35.3 Å². The van der Waals surface area contributed by atoms with Gasteiger partial charge >= 0.3 is 6.09 Å². The van der Waals surface area contributed by atoms with E-state index in [1.807, 2.05) is 53.1 Å². The Morgan fingerprint density at radius 2 is 1.72 bits per heavy atom. The van der Waals surface area contributed by atoms with Crippen LogP contribution in [-0.2, 0) is 9.47 Å². The van der Waals surface area contributed by atoms with Gasteiger partial charge < -0.3 is 19.7 Å². The predicted molar refractivity (Wildman–Crippen MR) is 151 cm³/mol. The van der Waals surface area contributed by atoms with Gasteiger partial charge in [0.1, 0.15) is 18.3 Å². The summed E-state index contributed by atoms with van der Waals surface area (Å²) in [6.45, 7) is 2.69. The first-order chi connectivity index (χ1) is 19.1. The number of alkyl carbamates (subject to hydrolysis) is 1. The summed E-state index contributed by atoms with van der Waals surface area (Å²) in [6, 6.07) is 15.2. The lowest BCUT2D eigenvalue weighted by Gasteiger charge is -2.33. The van der Waals surface area contributed by atoms with Gasteiger partial charge in [-0.2, -0.15) is 0 Å². The minimum atomic E-state index is -0.351. The van der Waals surface area contributed by atoms with Gasteiger partial charge in [0, 0.05) is 48.2 Å². The van der Waals surface area contributed by atoms with E-state index in [9.17, 15) is 4.79 Å². The Morgan fingerprint density at radius 1 is 0.974 bits per heavy atom. The smallest absolute Gasteiger partial charge is 0.407 e. The molecule has 202 valence electrons. The monoisotopic (exact) mass is 566 g/mol. The second kappa shape index (κ2) is 11.4. The van der Waals surface area contributed by atoms with E-state index in [1.165, 1.54) is 0 Å². The lowest BCUT2D eigenvalue weighted by Crippen LogP contribution is -2.46. The summed E-state index contributed by atoms with van der Waals surface area (Å²) in [5, 5.41) is 4.27. The van der Waals surface area contributed by atoms with E-state index in [1.54, 1.807) is 6.33 Å². The van der Waals surface area contributed by atoms with E-state index < -0.39 is 0 Å². The van der Waals surface area contributed by atoms with Crippen LogP contribution in [0.15, 0.2) is 54.9 Å². The summed E-state index contributed by atoms with van der Waals surface area (Å²) in [6.07, 6.45) is 4.17. The number of carbonyl (C=O) groups is 1. The average Bonchev–Trinajstić information content (AvgIpc) is 3.34. The highest BCUT2D eigenvalue weighted by Gasteiger charge is 2.27. The number of rotatable bonds is 5. The van der Waals surface area contributed by atoms with Crippen LogP contribution in [0.4, 0.5) is 10.6 Å². The number of hydrogen-bond donors (Lipinski definition) is 1. The molecule has 4 heterocycles. The Balaban J connectivity index is 1.26. The summed E-state index contributed by atoms with van der Waals surface area (Å²) in [7, 11) is 0. The minimum Gasteiger partial charge on any atom is -0.446 e. The first-order valence-corrected chi connectivity index (χ1v) is 13.9. The number of amides is 1.